The summed E-state index contributed by atoms with van der Waals surface area (Å²) in [6.45, 7) is 4.83. The zero-order chi connectivity index (χ0) is 40.1. The molecule has 0 spiro atoms. The zero-order valence-electron chi connectivity index (χ0n) is 34.1. The Kier molecular flexibility index (Phi) is 12.9. The van der Waals surface area contributed by atoms with Crippen molar-refractivity contribution in [1.29, 1.82) is 0 Å². The number of amides is 2. The number of likely N-dealkylation sites (N-methyl/N-ethyl adjacent to an activating group) is 2. The van der Waals surface area contributed by atoms with Crippen LogP contribution in [0.25, 0.3) is 44.2 Å². The number of hydrogen-bond acceptors (Lipinski definition) is 6. The molecule has 4 heterocycles. The molecular weight excluding hydrogens is 745 g/mol. The fraction of sp³-hybridized carbons (Fsp3) is 0.429. The van der Waals surface area contributed by atoms with Crippen LogP contribution < -0.4 is 0 Å². The number of ketones is 2. The van der Waals surface area contributed by atoms with Gasteiger partial charge in [-0.25, -0.2) is 0 Å². The van der Waals surface area contributed by atoms with Crippen LogP contribution in [0.1, 0.15) is 125 Å². The number of Topliss-reactive ketones (excluding diaryl/α,β-unsaturated/α-hetero) is 2. The standard InChI is InChI=1S/C49H56N2O4S2/c1-5-7-9-11-13-15-25-49(26-16-14-12-10-8-6-2)41-27-33(45-23-19-35(56-45)29-39-43(52)31-50(3)47(39)54)17-21-37(41)38-22-18-34(28-42(38)49)46-24-20-36(57-46)30-40-44(53)32-51(4)48(40)55/h17-24,27-30H,5-16,25-26,31-32H2,1-4H3/b39-29-,40-30-. The summed E-state index contributed by atoms with van der Waals surface area (Å²) < 4.78 is 0. The molecule has 8 heteroatoms. The van der Waals surface area contributed by atoms with E-state index in [2.05, 4.69) is 62.4 Å². The van der Waals surface area contributed by atoms with Crippen molar-refractivity contribution in [3.05, 3.63) is 92.7 Å². The second-order valence-corrected chi connectivity index (χ2v) is 18.6. The number of benzene rings is 2. The van der Waals surface area contributed by atoms with E-state index in [0.29, 0.717) is 0 Å². The zero-order valence-corrected chi connectivity index (χ0v) is 35.7. The molecule has 0 atom stereocenters. The third-order valence-electron chi connectivity index (χ3n) is 12.2. The third-order valence-corrected chi connectivity index (χ3v) is 14.3. The smallest absolute Gasteiger partial charge is 0.257 e. The van der Waals surface area contributed by atoms with E-state index in [1.54, 1.807) is 48.9 Å². The van der Waals surface area contributed by atoms with Gasteiger partial charge < -0.3 is 9.80 Å². The summed E-state index contributed by atoms with van der Waals surface area (Å²) in [6.07, 6.45) is 20.7. The van der Waals surface area contributed by atoms with Gasteiger partial charge in [0.15, 0.2) is 11.6 Å². The molecule has 3 aliphatic rings. The summed E-state index contributed by atoms with van der Waals surface area (Å²) in [6, 6.07) is 22.4. The second kappa shape index (κ2) is 18.0. The van der Waals surface area contributed by atoms with E-state index in [0.717, 1.165) is 32.4 Å². The maximum Gasteiger partial charge on any atom is 0.257 e. The van der Waals surface area contributed by atoms with Crippen molar-refractivity contribution < 1.29 is 19.2 Å². The average Bonchev–Trinajstić information content (AvgIpc) is 4.02. The van der Waals surface area contributed by atoms with Crippen molar-refractivity contribution >= 4 is 58.2 Å². The molecule has 0 radical (unpaired) electrons. The van der Waals surface area contributed by atoms with Crippen LogP contribution in [0.2, 0.25) is 0 Å². The highest BCUT2D eigenvalue weighted by atomic mass is 32.1. The van der Waals surface area contributed by atoms with Gasteiger partial charge in [0.05, 0.1) is 24.2 Å². The van der Waals surface area contributed by atoms with Crippen LogP contribution in [0.3, 0.4) is 0 Å². The quantitative estimate of drug-likeness (QED) is 0.0571. The molecule has 6 nitrogen and oxygen atoms in total. The molecule has 4 aromatic rings. The predicted molar refractivity (Wildman–Crippen MR) is 237 cm³/mol. The fourth-order valence-corrected chi connectivity index (χ4v) is 10.9. The van der Waals surface area contributed by atoms with Gasteiger partial charge in [-0.3, -0.25) is 19.2 Å². The Morgan fingerprint density at radius 3 is 1.33 bits per heavy atom. The van der Waals surface area contributed by atoms with Gasteiger partial charge in [0.1, 0.15) is 0 Å². The molecule has 57 heavy (non-hydrogen) atoms. The molecule has 2 fully saturated rings. The summed E-state index contributed by atoms with van der Waals surface area (Å²) in [5.74, 6) is -0.657. The Morgan fingerprint density at radius 2 is 0.947 bits per heavy atom. The van der Waals surface area contributed by atoms with E-state index in [1.165, 1.54) is 120 Å². The summed E-state index contributed by atoms with van der Waals surface area (Å²) >= 11 is 3.26. The first kappa shape index (κ1) is 40.8. The molecule has 1 aliphatic carbocycles. The summed E-state index contributed by atoms with van der Waals surface area (Å²) in [5, 5.41) is 0. The van der Waals surface area contributed by atoms with Crippen LogP contribution in [0.5, 0.6) is 0 Å². The maximum absolute atomic E-state index is 12.7. The van der Waals surface area contributed by atoms with Crippen molar-refractivity contribution in [2.75, 3.05) is 27.2 Å². The molecule has 2 saturated heterocycles. The van der Waals surface area contributed by atoms with Crippen molar-refractivity contribution in [1.82, 2.24) is 9.80 Å². The number of fused-ring (bicyclic) bond motifs is 3. The van der Waals surface area contributed by atoms with Crippen molar-refractivity contribution in [2.45, 2.75) is 109 Å². The van der Waals surface area contributed by atoms with E-state index in [4.69, 9.17) is 0 Å². The topological polar surface area (TPSA) is 74.8 Å². The average molecular weight is 801 g/mol. The first-order valence-electron chi connectivity index (χ1n) is 21.1. The Morgan fingerprint density at radius 1 is 0.544 bits per heavy atom. The molecule has 0 bridgehead atoms. The number of unbranched alkanes of at least 4 members (excludes halogenated alkanes) is 10. The Hall–Kier alpha value is -4.40. The molecular formula is C49H56N2O4S2. The van der Waals surface area contributed by atoms with Crippen molar-refractivity contribution in [2.24, 2.45) is 0 Å². The summed E-state index contributed by atoms with van der Waals surface area (Å²) in [5.41, 5.74) is 8.23. The first-order valence-corrected chi connectivity index (χ1v) is 22.8. The van der Waals surface area contributed by atoms with E-state index < -0.39 is 0 Å². The largest absolute Gasteiger partial charge is 0.334 e. The lowest BCUT2D eigenvalue weighted by molar-refractivity contribution is -0.124. The number of likely N-dealkylation sites (tertiary alicyclic amines) is 2. The Bertz CT molecular complexity index is 2060. The summed E-state index contributed by atoms with van der Waals surface area (Å²) in [7, 11) is 3.35. The lowest BCUT2D eigenvalue weighted by atomic mass is 9.70. The molecule has 0 saturated carbocycles. The summed E-state index contributed by atoms with van der Waals surface area (Å²) in [4.78, 5) is 57.5. The van der Waals surface area contributed by atoms with Crippen LogP contribution in [0.15, 0.2) is 71.8 Å². The van der Waals surface area contributed by atoms with Crippen LogP contribution in [-0.4, -0.2) is 60.4 Å². The Balaban J connectivity index is 1.27. The van der Waals surface area contributed by atoms with Crippen LogP contribution in [0, 0.1) is 0 Å². The van der Waals surface area contributed by atoms with E-state index in [9.17, 15) is 19.2 Å². The van der Waals surface area contributed by atoms with E-state index in [1.807, 2.05) is 12.1 Å². The molecule has 0 unspecified atom stereocenters. The number of thiophene rings is 2. The molecule has 2 aromatic heterocycles. The van der Waals surface area contributed by atoms with Gasteiger partial charge in [-0.05, 0) is 94.8 Å². The van der Waals surface area contributed by atoms with Crippen LogP contribution >= 0.6 is 22.7 Å². The second-order valence-electron chi connectivity index (χ2n) is 16.3. The van der Waals surface area contributed by atoms with E-state index in [-0.39, 0.29) is 53.0 Å². The van der Waals surface area contributed by atoms with Crippen molar-refractivity contribution in [3.8, 4) is 32.0 Å². The van der Waals surface area contributed by atoms with Gasteiger partial charge in [0.25, 0.3) is 11.8 Å². The highest BCUT2D eigenvalue weighted by molar-refractivity contribution is 7.16. The van der Waals surface area contributed by atoms with Gasteiger partial charge in [0, 0.05) is 39.0 Å². The number of nitrogens with zero attached hydrogens (tertiary/aromatic N) is 2. The van der Waals surface area contributed by atoms with Gasteiger partial charge in [-0.2, -0.15) is 0 Å². The van der Waals surface area contributed by atoms with Crippen LogP contribution in [0.4, 0.5) is 0 Å². The monoisotopic (exact) mass is 800 g/mol. The molecule has 7 rings (SSSR count). The van der Waals surface area contributed by atoms with Gasteiger partial charge in [-0.1, -0.05) is 115 Å². The highest BCUT2D eigenvalue weighted by Crippen LogP contribution is 2.56. The highest BCUT2D eigenvalue weighted by Gasteiger charge is 2.43. The maximum atomic E-state index is 12.7. The minimum Gasteiger partial charge on any atom is -0.334 e. The van der Waals surface area contributed by atoms with Crippen molar-refractivity contribution in [3.63, 3.8) is 0 Å². The number of hydrogen-bond donors (Lipinski definition) is 0. The Labute approximate surface area is 346 Å². The number of carbonyl (C=O) groups excluding carboxylic acids is 4. The molecule has 2 amide bonds. The SMILES string of the molecule is CCCCCCCCC1(CCCCCCCC)c2cc(-c3ccc(/C=C4/C(=O)CN(C)C4=O)s3)ccc2-c2ccc(-c3ccc(/C=C4/C(=O)CN(C)C4=O)s3)cc21. The minimum atomic E-state index is -0.207. The van der Waals surface area contributed by atoms with E-state index >= 15 is 0 Å². The minimum absolute atomic E-state index is 0.121. The fourth-order valence-electron chi connectivity index (χ4n) is 9.01. The third kappa shape index (κ3) is 8.59. The van der Waals surface area contributed by atoms with Gasteiger partial charge in [0.2, 0.25) is 0 Å². The lowest BCUT2D eigenvalue weighted by Gasteiger charge is -2.33. The first-order chi connectivity index (χ1) is 27.6. The molecule has 298 valence electrons. The normalized spacial score (nSPS) is 17.5. The van der Waals surface area contributed by atoms with Crippen LogP contribution in [-0.2, 0) is 24.6 Å². The number of rotatable bonds is 18. The number of carbonyl (C=O) groups is 4. The molecule has 0 N–H and O–H groups in total. The molecule has 2 aromatic carbocycles. The van der Waals surface area contributed by atoms with Gasteiger partial charge in [-0.15, -0.1) is 22.7 Å². The molecule has 2 aliphatic heterocycles. The van der Waals surface area contributed by atoms with Gasteiger partial charge >= 0.3 is 0 Å². The predicted octanol–water partition coefficient (Wildman–Crippen LogP) is 11.8. The lowest BCUT2D eigenvalue weighted by Crippen LogP contribution is -2.25.